The number of thiazole rings is 1. The molecular weight excluding hydrogens is 575 g/mol. The molecule has 0 radical (unpaired) electrons. The maximum atomic E-state index is 13.6. The van der Waals surface area contributed by atoms with Crippen molar-refractivity contribution in [2.24, 2.45) is 4.99 Å². The van der Waals surface area contributed by atoms with Crippen LogP contribution in [-0.4, -0.2) is 17.1 Å². The van der Waals surface area contributed by atoms with E-state index in [1.54, 1.807) is 24.5 Å². The van der Waals surface area contributed by atoms with E-state index in [1.165, 1.54) is 11.3 Å². The van der Waals surface area contributed by atoms with E-state index in [2.05, 4.69) is 27.6 Å². The quantitative estimate of drug-likeness (QED) is 0.248. The van der Waals surface area contributed by atoms with Gasteiger partial charge in [-0.25, -0.2) is 9.79 Å². The standard InChI is InChI=1S/C27H21IN2O4S/c1-3-33-26(32)23-16(2)29-27-30(24(23)18-7-5-4-6-8-18)25(31)22(35-27)15-20-13-14-21(34-20)17-9-11-19(28)12-10-17/h4-15,24H,3H2,1-2H3/b22-15+/t24-/m0/s1. The third kappa shape index (κ3) is 4.55. The zero-order chi connectivity index (χ0) is 24.5. The molecule has 0 spiro atoms. The zero-order valence-corrected chi connectivity index (χ0v) is 22.0. The number of aromatic nitrogens is 1. The number of furan rings is 1. The molecule has 1 atom stereocenters. The number of esters is 1. The third-order valence-corrected chi connectivity index (χ3v) is 7.36. The highest BCUT2D eigenvalue weighted by molar-refractivity contribution is 14.1. The van der Waals surface area contributed by atoms with Crippen LogP contribution in [0.1, 0.15) is 31.2 Å². The molecule has 2 aromatic heterocycles. The van der Waals surface area contributed by atoms with Crippen LogP contribution in [0.15, 0.2) is 92.2 Å². The van der Waals surface area contributed by atoms with Gasteiger partial charge in [-0.05, 0) is 66.3 Å². The lowest BCUT2D eigenvalue weighted by atomic mass is 9.96. The van der Waals surface area contributed by atoms with E-state index in [0.717, 1.165) is 20.5 Å². The first-order valence-corrected chi connectivity index (χ1v) is 13.0. The molecule has 0 saturated carbocycles. The number of halogens is 1. The van der Waals surface area contributed by atoms with Crippen LogP contribution in [0.4, 0.5) is 0 Å². The van der Waals surface area contributed by atoms with Gasteiger partial charge < -0.3 is 9.15 Å². The van der Waals surface area contributed by atoms with Crippen molar-refractivity contribution in [1.29, 1.82) is 0 Å². The van der Waals surface area contributed by atoms with Gasteiger partial charge >= 0.3 is 5.97 Å². The van der Waals surface area contributed by atoms with Gasteiger partial charge in [-0.2, -0.15) is 0 Å². The van der Waals surface area contributed by atoms with Gasteiger partial charge in [0.25, 0.3) is 5.56 Å². The highest BCUT2D eigenvalue weighted by atomic mass is 127. The normalized spacial score (nSPS) is 15.6. The monoisotopic (exact) mass is 596 g/mol. The molecule has 0 fully saturated rings. The van der Waals surface area contributed by atoms with Crippen LogP contribution in [0.5, 0.6) is 0 Å². The van der Waals surface area contributed by atoms with Crippen molar-refractivity contribution in [1.82, 2.24) is 4.57 Å². The van der Waals surface area contributed by atoms with E-state index in [0.29, 0.717) is 26.4 Å². The van der Waals surface area contributed by atoms with E-state index >= 15 is 0 Å². The van der Waals surface area contributed by atoms with Crippen LogP contribution in [0.25, 0.3) is 17.4 Å². The Labute approximate surface area is 219 Å². The number of allylic oxidation sites excluding steroid dienone is 1. The molecule has 35 heavy (non-hydrogen) atoms. The summed E-state index contributed by atoms with van der Waals surface area (Å²) in [5.41, 5.74) is 2.46. The molecular formula is C27H21IN2O4S. The van der Waals surface area contributed by atoms with E-state index < -0.39 is 12.0 Å². The van der Waals surface area contributed by atoms with Crippen molar-refractivity contribution in [2.45, 2.75) is 19.9 Å². The molecule has 0 amide bonds. The van der Waals surface area contributed by atoms with Crippen molar-refractivity contribution in [3.8, 4) is 11.3 Å². The predicted molar refractivity (Wildman–Crippen MR) is 144 cm³/mol. The largest absolute Gasteiger partial charge is 0.463 e. The van der Waals surface area contributed by atoms with Crippen LogP contribution in [0.2, 0.25) is 0 Å². The third-order valence-electron chi connectivity index (χ3n) is 5.66. The lowest BCUT2D eigenvalue weighted by Crippen LogP contribution is -2.39. The second-order valence-electron chi connectivity index (χ2n) is 7.92. The molecule has 1 aliphatic heterocycles. The average Bonchev–Trinajstić information content (AvgIpc) is 3.44. The number of rotatable bonds is 5. The summed E-state index contributed by atoms with van der Waals surface area (Å²) in [6.07, 6.45) is 1.73. The number of hydrogen-bond donors (Lipinski definition) is 0. The summed E-state index contributed by atoms with van der Waals surface area (Å²) in [5.74, 6) is 0.828. The minimum absolute atomic E-state index is 0.232. The number of benzene rings is 2. The first kappa shape index (κ1) is 23.5. The minimum Gasteiger partial charge on any atom is -0.463 e. The molecule has 4 aromatic rings. The fourth-order valence-corrected chi connectivity index (χ4v) is 5.46. The Balaban J connectivity index is 1.62. The zero-order valence-electron chi connectivity index (χ0n) is 19.0. The Hall–Kier alpha value is -3.24. The maximum Gasteiger partial charge on any atom is 0.338 e. The molecule has 0 N–H and O–H groups in total. The highest BCUT2D eigenvalue weighted by Gasteiger charge is 2.33. The van der Waals surface area contributed by atoms with E-state index in [-0.39, 0.29) is 12.2 Å². The van der Waals surface area contributed by atoms with Crippen molar-refractivity contribution in [3.05, 3.63) is 113 Å². The second kappa shape index (κ2) is 9.79. The predicted octanol–water partition coefficient (Wildman–Crippen LogP) is 4.66. The Kier molecular flexibility index (Phi) is 6.57. The van der Waals surface area contributed by atoms with Gasteiger partial charge in [-0.3, -0.25) is 9.36 Å². The fourth-order valence-electron chi connectivity index (χ4n) is 4.07. The number of hydrogen-bond acceptors (Lipinski definition) is 6. The summed E-state index contributed by atoms with van der Waals surface area (Å²) in [4.78, 5) is 31.6. The Bertz CT molecular complexity index is 1610. The smallest absolute Gasteiger partial charge is 0.338 e. The number of carbonyl (C=O) groups excluding carboxylic acids is 1. The second-order valence-corrected chi connectivity index (χ2v) is 10.2. The van der Waals surface area contributed by atoms with Crippen molar-refractivity contribution < 1.29 is 13.9 Å². The number of carbonyl (C=O) groups is 1. The van der Waals surface area contributed by atoms with Crippen LogP contribution in [-0.2, 0) is 9.53 Å². The molecule has 0 saturated heterocycles. The van der Waals surface area contributed by atoms with Crippen LogP contribution in [0, 0.1) is 3.57 Å². The average molecular weight is 596 g/mol. The lowest BCUT2D eigenvalue weighted by Gasteiger charge is -2.24. The van der Waals surface area contributed by atoms with Crippen molar-refractivity contribution in [3.63, 3.8) is 0 Å². The SMILES string of the molecule is CCOC(=O)C1=C(C)N=c2s/c(=C/c3ccc(-c4ccc(I)cc4)o3)c(=O)n2[C@H]1c1ccccc1. The van der Waals surface area contributed by atoms with Crippen molar-refractivity contribution in [2.75, 3.05) is 6.61 Å². The molecule has 3 heterocycles. The molecule has 6 nitrogen and oxygen atoms in total. The minimum atomic E-state index is -0.618. The van der Waals surface area contributed by atoms with Gasteiger partial charge in [-0.15, -0.1) is 0 Å². The molecule has 8 heteroatoms. The van der Waals surface area contributed by atoms with Gasteiger partial charge in [0.05, 0.1) is 28.5 Å². The lowest BCUT2D eigenvalue weighted by molar-refractivity contribution is -0.139. The summed E-state index contributed by atoms with van der Waals surface area (Å²) in [6.45, 7) is 3.77. The topological polar surface area (TPSA) is 73.8 Å². The van der Waals surface area contributed by atoms with Crippen LogP contribution >= 0.6 is 33.9 Å². The van der Waals surface area contributed by atoms with Crippen molar-refractivity contribution >= 4 is 46.0 Å². The van der Waals surface area contributed by atoms with Gasteiger partial charge in [0, 0.05) is 15.2 Å². The Morgan fingerprint density at radius 1 is 1.14 bits per heavy atom. The molecule has 5 rings (SSSR count). The molecule has 0 unspecified atom stereocenters. The van der Waals surface area contributed by atoms with Crippen LogP contribution in [0.3, 0.4) is 0 Å². The summed E-state index contributed by atoms with van der Waals surface area (Å²) in [7, 11) is 0. The van der Waals surface area contributed by atoms with E-state index in [1.807, 2.05) is 66.7 Å². The molecule has 176 valence electrons. The Morgan fingerprint density at radius 2 is 1.89 bits per heavy atom. The maximum absolute atomic E-state index is 13.6. The fraction of sp³-hybridized carbons (Fsp3) is 0.148. The van der Waals surface area contributed by atoms with Gasteiger partial charge in [-0.1, -0.05) is 53.8 Å². The molecule has 1 aliphatic rings. The number of fused-ring (bicyclic) bond motifs is 1. The molecule has 0 bridgehead atoms. The first-order valence-electron chi connectivity index (χ1n) is 11.1. The van der Waals surface area contributed by atoms with Gasteiger partial charge in [0.2, 0.25) is 0 Å². The highest BCUT2D eigenvalue weighted by Crippen LogP contribution is 2.30. The van der Waals surface area contributed by atoms with E-state index in [4.69, 9.17) is 9.15 Å². The summed E-state index contributed by atoms with van der Waals surface area (Å²) in [5, 5.41) is 0. The number of nitrogens with zero attached hydrogens (tertiary/aromatic N) is 2. The van der Waals surface area contributed by atoms with Gasteiger partial charge in [0.1, 0.15) is 11.5 Å². The van der Waals surface area contributed by atoms with Gasteiger partial charge in [0.15, 0.2) is 4.80 Å². The first-order chi connectivity index (χ1) is 17.0. The summed E-state index contributed by atoms with van der Waals surface area (Å²) < 4.78 is 14.5. The summed E-state index contributed by atoms with van der Waals surface area (Å²) in [6, 6.07) is 20.6. The molecule has 2 aromatic carbocycles. The number of ether oxygens (including phenoxy) is 1. The van der Waals surface area contributed by atoms with E-state index in [9.17, 15) is 9.59 Å². The van der Waals surface area contributed by atoms with Crippen LogP contribution < -0.4 is 14.9 Å². The summed E-state index contributed by atoms with van der Waals surface area (Å²) >= 11 is 3.53. The molecule has 0 aliphatic carbocycles. The Morgan fingerprint density at radius 3 is 2.60 bits per heavy atom.